The van der Waals surface area contributed by atoms with E-state index in [-0.39, 0.29) is 5.41 Å². The summed E-state index contributed by atoms with van der Waals surface area (Å²) in [6.45, 7) is 4.75. The molecule has 0 aliphatic heterocycles. The SMILES string of the molecule is CC1(C)c2ccccc2-c2cc3c(cc21)c1cc(-c2ccc4c(c2)c2ccccc2n4-c2ccc4ccccc4c2)ccc1n3-c1cccc(-c2ccccc2)c1. The lowest BCUT2D eigenvalue weighted by Crippen LogP contribution is -2.14. The summed E-state index contributed by atoms with van der Waals surface area (Å²) in [5, 5.41) is 7.56. The highest BCUT2D eigenvalue weighted by molar-refractivity contribution is 6.14. The molecular weight excluding hydrogens is 689 g/mol. The van der Waals surface area contributed by atoms with Crippen molar-refractivity contribution in [3.05, 3.63) is 205 Å². The second-order valence-corrected chi connectivity index (χ2v) is 16.2. The minimum absolute atomic E-state index is 0.0936. The predicted octanol–water partition coefficient (Wildman–Crippen LogP) is 14.7. The molecule has 0 saturated carbocycles. The van der Waals surface area contributed by atoms with Gasteiger partial charge in [0.1, 0.15) is 0 Å². The van der Waals surface area contributed by atoms with Crippen molar-refractivity contribution in [2.75, 3.05) is 0 Å². The van der Waals surface area contributed by atoms with Crippen LogP contribution < -0.4 is 0 Å². The number of benzene rings is 9. The second-order valence-electron chi connectivity index (χ2n) is 16.2. The molecule has 57 heavy (non-hydrogen) atoms. The lowest BCUT2D eigenvalue weighted by Gasteiger charge is -2.21. The van der Waals surface area contributed by atoms with Gasteiger partial charge in [0, 0.05) is 38.3 Å². The highest BCUT2D eigenvalue weighted by Crippen LogP contribution is 2.51. The Hall–Kier alpha value is -7.16. The molecule has 0 fully saturated rings. The first-order chi connectivity index (χ1) is 28.0. The molecular formula is C55H38N2. The molecule has 11 aromatic rings. The third kappa shape index (κ3) is 4.71. The van der Waals surface area contributed by atoms with Crippen LogP contribution in [0.2, 0.25) is 0 Å². The lowest BCUT2D eigenvalue weighted by molar-refractivity contribution is 0.661. The van der Waals surface area contributed by atoms with E-state index in [2.05, 4.69) is 217 Å². The maximum atomic E-state index is 2.49. The molecule has 0 atom stereocenters. The van der Waals surface area contributed by atoms with Gasteiger partial charge < -0.3 is 9.13 Å². The van der Waals surface area contributed by atoms with E-state index in [1.807, 2.05) is 0 Å². The van der Waals surface area contributed by atoms with Gasteiger partial charge in [0.15, 0.2) is 0 Å². The summed E-state index contributed by atoms with van der Waals surface area (Å²) in [5.41, 5.74) is 17.4. The molecule has 0 saturated heterocycles. The Morgan fingerprint density at radius 3 is 1.74 bits per heavy atom. The van der Waals surface area contributed by atoms with Crippen LogP contribution in [-0.2, 0) is 5.41 Å². The Balaban J connectivity index is 1.08. The number of hydrogen-bond donors (Lipinski definition) is 0. The Bertz CT molecular complexity index is 3430. The molecule has 9 aromatic carbocycles. The predicted molar refractivity (Wildman–Crippen MR) is 241 cm³/mol. The molecule has 0 N–H and O–H groups in total. The van der Waals surface area contributed by atoms with Crippen molar-refractivity contribution in [2.24, 2.45) is 0 Å². The van der Waals surface area contributed by atoms with E-state index in [9.17, 15) is 0 Å². The maximum absolute atomic E-state index is 2.49. The summed E-state index contributed by atoms with van der Waals surface area (Å²) >= 11 is 0. The molecule has 2 heterocycles. The van der Waals surface area contributed by atoms with Crippen molar-refractivity contribution in [3.63, 3.8) is 0 Å². The van der Waals surface area contributed by atoms with E-state index in [4.69, 9.17) is 0 Å². The summed E-state index contributed by atoms with van der Waals surface area (Å²) in [7, 11) is 0. The number of hydrogen-bond acceptors (Lipinski definition) is 0. The first kappa shape index (κ1) is 32.1. The molecule has 1 aliphatic carbocycles. The molecule has 0 spiro atoms. The highest BCUT2D eigenvalue weighted by Gasteiger charge is 2.36. The standard InChI is InChI=1S/C55H38N2/c1-55(2)49-21-10-8-19-43(49)45-34-54-48(33-50(45)55)47-32-40(25-28-53(47)57(54)41-18-12-17-38(29-41)35-13-4-3-5-14-35)39-24-27-52-46(31-39)44-20-9-11-22-51(44)56(52)42-26-23-36-15-6-7-16-37(36)30-42/h3-34H,1-2H3. The fourth-order valence-corrected chi connectivity index (χ4v) is 9.87. The van der Waals surface area contributed by atoms with Gasteiger partial charge in [-0.25, -0.2) is 0 Å². The largest absolute Gasteiger partial charge is 0.309 e. The first-order valence-corrected chi connectivity index (χ1v) is 19.9. The molecule has 0 amide bonds. The van der Waals surface area contributed by atoms with Crippen LogP contribution in [-0.4, -0.2) is 9.13 Å². The van der Waals surface area contributed by atoms with Crippen LogP contribution in [0.4, 0.5) is 0 Å². The minimum Gasteiger partial charge on any atom is -0.309 e. The third-order valence-corrected chi connectivity index (χ3v) is 12.7. The van der Waals surface area contributed by atoms with Gasteiger partial charge in [-0.3, -0.25) is 0 Å². The Kier molecular flexibility index (Phi) is 6.72. The summed E-state index contributed by atoms with van der Waals surface area (Å²) in [6, 6.07) is 71.9. The zero-order valence-corrected chi connectivity index (χ0v) is 31.9. The Morgan fingerprint density at radius 1 is 0.316 bits per heavy atom. The minimum atomic E-state index is -0.0936. The van der Waals surface area contributed by atoms with Gasteiger partial charge in [-0.2, -0.15) is 0 Å². The fourth-order valence-electron chi connectivity index (χ4n) is 9.87. The van der Waals surface area contributed by atoms with Crippen molar-refractivity contribution in [3.8, 4) is 44.8 Å². The average Bonchev–Trinajstić information content (AvgIpc) is 3.85. The van der Waals surface area contributed by atoms with Crippen LogP contribution in [0.25, 0.3) is 99.1 Å². The number of aromatic nitrogens is 2. The zero-order valence-electron chi connectivity index (χ0n) is 31.9. The molecule has 2 aromatic heterocycles. The first-order valence-electron chi connectivity index (χ1n) is 19.9. The van der Waals surface area contributed by atoms with Gasteiger partial charge in [-0.05, 0) is 122 Å². The summed E-state index contributed by atoms with van der Waals surface area (Å²) < 4.78 is 4.90. The monoisotopic (exact) mass is 726 g/mol. The van der Waals surface area contributed by atoms with Crippen molar-refractivity contribution in [2.45, 2.75) is 19.3 Å². The van der Waals surface area contributed by atoms with Gasteiger partial charge in [-0.1, -0.05) is 141 Å². The molecule has 0 radical (unpaired) electrons. The highest BCUT2D eigenvalue weighted by atomic mass is 15.0. The van der Waals surface area contributed by atoms with Crippen molar-refractivity contribution < 1.29 is 0 Å². The average molecular weight is 727 g/mol. The number of rotatable bonds is 4. The summed E-state index contributed by atoms with van der Waals surface area (Å²) in [5.74, 6) is 0. The van der Waals surface area contributed by atoms with Gasteiger partial charge in [0.25, 0.3) is 0 Å². The molecule has 0 unspecified atom stereocenters. The zero-order chi connectivity index (χ0) is 37.8. The number of para-hydroxylation sites is 1. The fraction of sp³-hybridized carbons (Fsp3) is 0.0545. The van der Waals surface area contributed by atoms with Gasteiger partial charge >= 0.3 is 0 Å². The normalized spacial score (nSPS) is 13.2. The molecule has 2 nitrogen and oxygen atoms in total. The maximum Gasteiger partial charge on any atom is 0.0547 e. The van der Waals surface area contributed by atoms with E-state index >= 15 is 0 Å². The van der Waals surface area contributed by atoms with Crippen LogP contribution in [0.1, 0.15) is 25.0 Å². The smallest absolute Gasteiger partial charge is 0.0547 e. The van der Waals surface area contributed by atoms with Crippen molar-refractivity contribution in [1.29, 1.82) is 0 Å². The summed E-state index contributed by atoms with van der Waals surface area (Å²) in [4.78, 5) is 0. The van der Waals surface area contributed by atoms with E-state index < -0.39 is 0 Å². The molecule has 1 aliphatic rings. The Morgan fingerprint density at radius 2 is 0.912 bits per heavy atom. The Labute approximate surface area is 331 Å². The van der Waals surface area contributed by atoms with Crippen LogP contribution in [0, 0.1) is 0 Å². The van der Waals surface area contributed by atoms with Crippen molar-refractivity contribution in [1.82, 2.24) is 9.13 Å². The number of nitrogens with zero attached hydrogens (tertiary/aromatic N) is 2. The van der Waals surface area contributed by atoms with Crippen LogP contribution in [0.15, 0.2) is 194 Å². The number of fused-ring (bicyclic) bond motifs is 10. The van der Waals surface area contributed by atoms with E-state index in [1.165, 1.54) is 105 Å². The van der Waals surface area contributed by atoms with E-state index in [1.54, 1.807) is 0 Å². The molecule has 2 heteroatoms. The van der Waals surface area contributed by atoms with Gasteiger partial charge in [0.2, 0.25) is 0 Å². The van der Waals surface area contributed by atoms with Crippen LogP contribution in [0.3, 0.4) is 0 Å². The second kappa shape index (κ2) is 11.9. The molecule has 268 valence electrons. The summed E-state index contributed by atoms with van der Waals surface area (Å²) in [6.07, 6.45) is 0. The molecule has 12 rings (SSSR count). The lowest BCUT2D eigenvalue weighted by atomic mass is 9.82. The van der Waals surface area contributed by atoms with E-state index in [0.29, 0.717) is 0 Å². The van der Waals surface area contributed by atoms with Crippen LogP contribution in [0.5, 0.6) is 0 Å². The van der Waals surface area contributed by atoms with Gasteiger partial charge in [-0.15, -0.1) is 0 Å². The third-order valence-electron chi connectivity index (χ3n) is 12.7. The quantitative estimate of drug-likeness (QED) is 0.171. The van der Waals surface area contributed by atoms with Crippen LogP contribution >= 0.6 is 0 Å². The molecule has 0 bridgehead atoms. The van der Waals surface area contributed by atoms with E-state index in [0.717, 1.165) is 5.69 Å². The van der Waals surface area contributed by atoms with Gasteiger partial charge in [0.05, 0.1) is 22.1 Å². The topological polar surface area (TPSA) is 9.86 Å². The van der Waals surface area contributed by atoms with Crippen molar-refractivity contribution >= 4 is 54.4 Å².